The molecule has 0 saturated heterocycles. The van der Waals surface area contributed by atoms with Gasteiger partial charge in [0.15, 0.2) is 0 Å². The highest BCUT2D eigenvalue weighted by atomic mass is 16.2. The number of amides is 2. The predicted octanol–water partition coefficient (Wildman–Crippen LogP) is 4.38. The van der Waals surface area contributed by atoms with Crippen molar-refractivity contribution in [2.75, 3.05) is 11.9 Å². The molecule has 2 amide bonds. The fourth-order valence-electron chi connectivity index (χ4n) is 2.68. The lowest BCUT2D eigenvalue weighted by molar-refractivity contribution is 0.0952. The third-order valence-electron chi connectivity index (χ3n) is 4.16. The van der Waals surface area contributed by atoms with E-state index >= 15 is 0 Å². The summed E-state index contributed by atoms with van der Waals surface area (Å²) in [5, 5.41) is 5.79. The SMILES string of the molecule is CCCCCNC(=O)c1cncc(C(=O)Nc2ccccc2C(C)C)c1. The number of anilines is 1. The molecular formula is C21H27N3O2. The van der Waals surface area contributed by atoms with E-state index in [1.165, 1.54) is 12.4 Å². The number of aromatic nitrogens is 1. The molecule has 0 bridgehead atoms. The maximum absolute atomic E-state index is 12.6. The molecule has 5 heteroatoms. The van der Waals surface area contributed by atoms with Crippen LogP contribution in [-0.2, 0) is 0 Å². The number of para-hydroxylation sites is 1. The van der Waals surface area contributed by atoms with E-state index in [0.29, 0.717) is 23.6 Å². The molecule has 1 heterocycles. The van der Waals surface area contributed by atoms with Crippen molar-refractivity contribution in [1.29, 1.82) is 0 Å². The van der Waals surface area contributed by atoms with Gasteiger partial charge in [0.1, 0.15) is 0 Å². The second-order valence-electron chi connectivity index (χ2n) is 6.62. The molecule has 2 aromatic rings. The second-order valence-corrected chi connectivity index (χ2v) is 6.62. The summed E-state index contributed by atoms with van der Waals surface area (Å²) in [6.07, 6.45) is 6.08. The Balaban J connectivity index is 2.07. The Hall–Kier alpha value is -2.69. The summed E-state index contributed by atoms with van der Waals surface area (Å²) < 4.78 is 0. The number of hydrogen-bond acceptors (Lipinski definition) is 3. The lowest BCUT2D eigenvalue weighted by Gasteiger charge is -2.13. The molecule has 2 rings (SSSR count). The van der Waals surface area contributed by atoms with Crippen molar-refractivity contribution in [3.63, 3.8) is 0 Å². The Morgan fingerprint density at radius 3 is 2.42 bits per heavy atom. The van der Waals surface area contributed by atoms with Crippen LogP contribution in [0, 0.1) is 0 Å². The highest BCUT2D eigenvalue weighted by molar-refractivity contribution is 6.06. The van der Waals surface area contributed by atoms with Crippen LogP contribution in [0.15, 0.2) is 42.7 Å². The van der Waals surface area contributed by atoms with E-state index in [1.807, 2.05) is 24.3 Å². The zero-order valence-electron chi connectivity index (χ0n) is 15.7. The minimum atomic E-state index is -0.272. The van der Waals surface area contributed by atoms with E-state index < -0.39 is 0 Å². The van der Waals surface area contributed by atoms with Crippen LogP contribution in [0.5, 0.6) is 0 Å². The van der Waals surface area contributed by atoms with E-state index in [1.54, 1.807) is 6.07 Å². The van der Waals surface area contributed by atoms with Gasteiger partial charge in [0.25, 0.3) is 11.8 Å². The smallest absolute Gasteiger partial charge is 0.257 e. The minimum absolute atomic E-state index is 0.203. The predicted molar refractivity (Wildman–Crippen MR) is 105 cm³/mol. The fraction of sp³-hybridized carbons (Fsp3) is 0.381. The third kappa shape index (κ3) is 5.41. The van der Waals surface area contributed by atoms with Crippen molar-refractivity contribution in [3.05, 3.63) is 59.4 Å². The Labute approximate surface area is 155 Å². The molecule has 138 valence electrons. The van der Waals surface area contributed by atoms with Crippen molar-refractivity contribution in [2.24, 2.45) is 0 Å². The fourth-order valence-corrected chi connectivity index (χ4v) is 2.68. The molecule has 0 aliphatic rings. The van der Waals surface area contributed by atoms with Crippen LogP contribution in [-0.4, -0.2) is 23.3 Å². The van der Waals surface area contributed by atoms with Crippen molar-refractivity contribution in [1.82, 2.24) is 10.3 Å². The Kier molecular flexibility index (Phi) is 7.33. The molecule has 0 aliphatic carbocycles. The van der Waals surface area contributed by atoms with Gasteiger partial charge in [0.2, 0.25) is 0 Å². The van der Waals surface area contributed by atoms with Crippen LogP contribution >= 0.6 is 0 Å². The maximum atomic E-state index is 12.6. The first-order valence-corrected chi connectivity index (χ1v) is 9.16. The molecule has 2 N–H and O–H groups in total. The van der Waals surface area contributed by atoms with E-state index in [-0.39, 0.29) is 11.8 Å². The molecule has 0 atom stereocenters. The molecule has 26 heavy (non-hydrogen) atoms. The average Bonchev–Trinajstić information content (AvgIpc) is 2.65. The van der Waals surface area contributed by atoms with Gasteiger partial charge in [0, 0.05) is 24.6 Å². The number of pyridine rings is 1. The summed E-state index contributed by atoms with van der Waals surface area (Å²) in [5.74, 6) is -0.179. The van der Waals surface area contributed by atoms with Gasteiger partial charge in [-0.1, -0.05) is 51.8 Å². The van der Waals surface area contributed by atoms with Crippen LogP contribution in [0.2, 0.25) is 0 Å². The van der Waals surface area contributed by atoms with Gasteiger partial charge in [-0.25, -0.2) is 0 Å². The van der Waals surface area contributed by atoms with E-state index in [9.17, 15) is 9.59 Å². The first-order valence-electron chi connectivity index (χ1n) is 9.16. The molecule has 5 nitrogen and oxygen atoms in total. The van der Waals surface area contributed by atoms with Crippen LogP contribution in [0.1, 0.15) is 72.2 Å². The number of nitrogens with one attached hydrogen (secondary N) is 2. The summed E-state index contributed by atoms with van der Waals surface area (Å²) in [6.45, 7) is 6.90. The van der Waals surface area contributed by atoms with Gasteiger partial charge in [-0.15, -0.1) is 0 Å². The Bertz CT molecular complexity index is 756. The first kappa shape index (κ1) is 19.6. The molecule has 0 aliphatic heterocycles. The Morgan fingerprint density at radius 1 is 1.04 bits per heavy atom. The lowest BCUT2D eigenvalue weighted by atomic mass is 10.0. The van der Waals surface area contributed by atoms with Gasteiger partial charge >= 0.3 is 0 Å². The zero-order valence-corrected chi connectivity index (χ0v) is 15.7. The van der Waals surface area contributed by atoms with Crippen LogP contribution in [0.3, 0.4) is 0 Å². The zero-order chi connectivity index (χ0) is 18.9. The van der Waals surface area contributed by atoms with Crippen molar-refractivity contribution in [2.45, 2.75) is 46.0 Å². The quantitative estimate of drug-likeness (QED) is 0.692. The van der Waals surface area contributed by atoms with E-state index in [2.05, 4.69) is 36.4 Å². The van der Waals surface area contributed by atoms with Crippen molar-refractivity contribution >= 4 is 17.5 Å². The number of benzene rings is 1. The molecule has 1 aromatic carbocycles. The van der Waals surface area contributed by atoms with Crippen LogP contribution in [0.4, 0.5) is 5.69 Å². The third-order valence-corrected chi connectivity index (χ3v) is 4.16. The number of carbonyl (C=O) groups is 2. The van der Waals surface area contributed by atoms with Gasteiger partial charge in [-0.05, 0) is 30.0 Å². The summed E-state index contributed by atoms with van der Waals surface area (Å²) in [6, 6.07) is 9.30. The van der Waals surface area contributed by atoms with E-state index in [0.717, 1.165) is 30.5 Å². The first-order chi connectivity index (χ1) is 12.5. The molecule has 0 saturated carbocycles. The summed E-state index contributed by atoms with van der Waals surface area (Å²) in [5.41, 5.74) is 2.61. The van der Waals surface area contributed by atoms with Crippen LogP contribution in [0.25, 0.3) is 0 Å². The number of rotatable bonds is 8. The highest BCUT2D eigenvalue weighted by Crippen LogP contribution is 2.24. The molecule has 0 fully saturated rings. The summed E-state index contributed by atoms with van der Waals surface area (Å²) in [7, 11) is 0. The van der Waals surface area contributed by atoms with Gasteiger partial charge < -0.3 is 10.6 Å². The molecule has 1 aromatic heterocycles. The Morgan fingerprint density at radius 2 is 1.73 bits per heavy atom. The standard InChI is InChI=1S/C21H27N3O2/c1-4-5-8-11-23-20(25)16-12-17(14-22-13-16)21(26)24-19-10-7-6-9-18(19)15(2)3/h6-7,9-10,12-15H,4-5,8,11H2,1-3H3,(H,23,25)(H,24,26). The van der Waals surface area contributed by atoms with Gasteiger partial charge in [-0.2, -0.15) is 0 Å². The number of carbonyl (C=O) groups excluding carboxylic acids is 2. The van der Waals surface area contributed by atoms with Gasteiger partial charge in [0.05, 0.1) is 11.1 Å². The monoisotopic (exact) mass is 353 g/mol. The molecular weight excluding hydrogens is 326 g/mol. The normalized spacial score (nSPS) is 10.6. The van der Waals surface area contributed by atoms with Crippen molar-refractivity contribution < 1.29 is 9.59 Å². The number of hydrogen-bond donors (Lipinski definition) is 2. The van der Waals surface area contributed by atoms with E-state index in [4.69, 9.17) is 0 Å². The van der Waals surface area contributed by atoms with Crippen molar-refractivity contribution in [3.8, 4) is 0 Å². The second kappa shape index (κ2) is 9.70. The highest BCUT2D eigenvalue weighted by Gasteiger charge is 2.13. The molecule has 0 unspecified atom stereocenters. The number of nitrogens with zero attached hydrogens (tertiary/aromatic N) is 1. The molecule has 0 radical (unpaired) electrons. The number of unbranched alkanes of at least 4 members (excludes halogenated alkanes) is 2. The van der Waals surface area contributed by atoms with Crippen LogP contribution < -0.4 is 10.6 Å². The largest absolute Gasteiger partial charge is 0.352 e. The maximum Gasteiger partial charge on any atom is 0.257 e. The average molecular weight is 353 g/mol. The topological polar surface area (TPSA) is 71.1 Å². The minimum Gasteiger partial charge on any atom is -0.352 e. The molecule has 0 spiro atoms. The summed E-state index contributed by atoms with van der Waals surface area (Å²) in [4.78, 5) is 28.8. The summed E-state index contributed by atoms with van der Waals surface area (Å²) >= 11 is 0. The van der Waals surface area contributed by atoms with Gasteiger partial charge in [-0.3, -0.25) is 14.6 Å². The lowest BCUT2D eigenvalue weighted by Crippen LogP contribution is -2.25.